The first-order valence-electron chi connectivity index (χ1n) is 3.86. The van der Waals surface area contributed by atoms with Gasteiger partial charge in [0.15, 0.2) is 0 Å². The van der Waals surface area contributed by atoms with Gasteiger partial charge in [0.05, 0.1) is 0 Å². The summed E-state index contributed by atoms with van der Waals surface area (Å²) in [5.74, 6) is -0.945. The number of rotatable bonds is 2. The van der Waals surface area contributed by atoms with Gasteiger partial charge >= 0.3 is 5.97 Å². The minimum atomic E-state index is -1.06. The van der Waals surface area contributed by atoms with Crippen molar-refractivity contribution in [3.8, 4) is 0 Å². The Morgan fingerprint density at radius 2 is 1.82 bits per heavy atom. The van der Waals surface area contributed by atoms with Crippen molar-refractivity contribution in [3.05, 3.63) is 0 Å². The van der Waals surface area contributed by atoms with Gasteiger partial charge in [-0.3, -0.25) is 4.79 Å². The Hall–Kier alpha value is -0.610. The average molecular weight is 159 g/mol. The van der Waals surface area contributed by atoms with Gasteiger partial charge in [0.1, 0.15) is 5.54 Å². The Balaban J connectivity index is 2.64. The molecular weight excluding hydrogens is 146 g/mol. The van der Waals surface area contributed by atoms with Gasteiger partial charge in [-0.1, -0.05) is 19.3 Å². The van der Waals surface area contributed by atoms with Gasteiger partial charge in [-0.05, 0) is 12.8 Å². The molecule has 11 heavy (non-hydrogen) atoms. The molecule has 4 nitrogen and oxygen atoms in total. The molecule has 0 bridgehead atoms. The highest BCUT2D eigenvalue weighted by Crippen LogP contribution is 2.27. The quantitative estimate of drug-likeness (QED) is 0.520. The van der Waals surface area contributed by atoms with E-state index in [1.807, 2.05) is 5.48 Å². The lowest BCUT2D eigenvalue weighted by molar-refractivity contribution is -0.152. The van der Waals surface area contributed by atoms with Crippen molar-refractivity contribution in [3.63, 3.8) is 0 Å². The van der Waals surface area contributed by atoms with Crippen molar-refractivity contribution in [1.82, 2.24) is 5.48 Å². The molecule has 64 valence electrons. The second-order valence-corrected chi connectivity index (χ2v) is 3.06. The van der Waals surface area contributed by atoms with E-state index in [0.29, 0.717) is 12.8 Å². The normalized spacial score (nSPS) is 23.0. The maximum absolute atomic E-state index is 10.7. The van der Waals surface area contributed by atoms with Crippen LogP contribution in [0.5, 0.6) is 0 Å². The highest BCUT2D eigenvalue weighted by atomic mass is 16.5. The van der Waals surface area contributed by atoms with Crippen molar-refractivity contribution >= 4 is 5.97 Å². The van der Waals surface area contributed by atoms with Crippen LogP contribution in [0.15, 0.2) is 0 Å². The predicted molar refractivity (Wildman–Crippen MR) is 38.4 cm³/mol. The van der Waals surface area contributed by atoms with Crippen LogP contribution in [0.3, 0.4) is 0 Å². The Kier molecular flexibility index (Phi) is 2.46. The van der Waals surface area contributed by atoms with Gasteiger partial charge in [0.2, 0.25) is 0 Å². The lowest BCUT2D eigenvalue weighted by Gasteiger charge is -2.31. The third-order valence-electron chi connectivity index (χ3n) is 2.33. The van der Waals surface area contributed by atoms with E-state index in [4.69, 9.17) is 10.3 Å². The van der Waals surface area contributed by atoms with Crippen molar-refractivity contribution < 1.29 is 15.1 Å². The highest BCUT2D eigenvalue weighted by molar-refractivity contribution is 5.78. The number of carbonyl (C=O) groups is 1. The summed E-state index contributed by atoms with van der Waals surface area (Å²) in [5, 5.41) is 17.4. The molecule has 0 amide bonds. The first kappa shape index (κ1) is 8.49. The van der Waals surface area contributed by atoms with Crippen LogP contribution in [0.4, 0.5) is 0 Å². The van der Waals surface area contributed by atoms with Gasteiger partial charge < -0.3 is 10.3 Å². The first-order chi connectivity index (χ1) is 5.21. The van der Waals surface area contributed by atoms with E-state index in [-0.39, 0.29) is 0 Å². The van der Waals surface area contributed by atoms with Gasteiger partial charge in [-0.15, -0.1) is 0 Å². The monoisotopic (exact) mass is 159 g/mol. The van der Waals surface area contributed by atoms with E-state index >= 15 is 0 Å². The zero-order valence-electron chi connectivity index (χ0n) is 6.34. The predicted octanol–water partition coefficient (Wildman–Crippen LogP) is 0.753. The Bertz CT molecular complexity index is 152. The molecule has 0 radical (unpaired) electrons. The van der Waals surface area contributed by atoms with Crippen LogP contribution in [0.25, 0.3) is 0 Å². The van der Waals surface area contributed by atoms with Gasteiger partial charge in [-0.25, -0.2) is 0 Å². The summed E-state index contributed by atoms with van der Waals surface area (Å²) >= 11 is 0. The summed E-state index contributed by atoms with van der Waals surface area (Å²) in [6.07, 6.45) is 3.87. The molecule has 0 aromatic carbocycles. The second kappa shape index (κ2) is 3.19. The van der Waals surface area contributed by atoms with Crippen LogP contribution in [-0.4, -0.2) is 21.8 Å². The summed E-state index contributed by atoms with van der Waals surface area (Å²) in [6.45, 7) is 0. The van der Waals surface area contributed by atoms with Crippen LogP contribution >= 0.6 is 0 Å². The topological polar surface area (TPSA) is 69.6 Å². The molecular formula is C7H13NO3. The number of carboxylic acid groups (broad SMARTS) is 1. The largest absolute Gasteiger partial charge is 0.480 e. The smallest absolute Gasteiger partial charge is 0.326 e. The molecule has 1 fully saturated rings. The number of hydrogen-bond donors (Lipinski definition) is 3. The van der Waals surface area contributed by atoms with E-state index in [9.17, 15) is 4.79 Å². The molecule has 0 saturated heterocycles. The Labute approximate surface area is 65.2 Å². The molecule has 0 heterocycles. The first-order valence-corrected chi connectivity index (χ1v) is 3.86. The molecule has 0 atom stereocenters. The lowest BCUT2D eigenvalue weighted by atomic mass is 9.82. The molecule has 1 aliphatic rings. The zero-order valence-corrected chi connectivity index (χ0v) is 6.34. The Morgan fingerprint density at radius 1 is 1.27 bits per heavy atom. The molecule has 4 heteroatoms. The molecule has 0 aromatic rings. The third-order valence-corrected chi connectivity index (χ3v) is 2.33. The van der Waals surface area contributed by atoms with E-state index in [2.05, 4.69) is 0 Å². The van der Waals surface area contributed by atoms with Gasteiger partial charge in [0, 0.05) is 0 Å². The number of nitrogens with one attached hydrogen (secondary N) is 1. The second-order valence-electron chi connectivity index (χ2n) is 3.06. The van der Waals surface area contributed by atoms with Crippen molar-refractivity contribution in [2.45, 2.75) is 37.6 Å². The minimum Gasteiger partial charge on any atom is -0.480 e. The molecule has 0 aromatic heterocycles. The summed E-state index contributed by atoms with van der Waals surface area (Å²) < 4.78 is 0. The lowest BCUT2D eigenvalue weighted by Crippen LogP contribution is -2.51. The van der Waals surface area contributed by atoms with Crippen LogP contribution < -0.4 is 5.48 Å². The third kappa shape index (κ3) is 1.52. The molecule has 0 unspecified atom stereocenters. The van der Waals surface area contributed by atoms with Crippen LogP contribution in [-0.2, 0) is 4.79 Å². The zero-order chi connectivity index (χ0) is 8.32. The van der Waals surface area contributed by atoms with E-state index in [0.717, 1.165) is 19.3 Å². The van der Waals surface area contributed by atoms with Gasteiger partial charge in [-0.2, -0.15) is 5.48 Å². The number of aliphatic carboxylic acids is 1. The molecule has 1 saturated carbocycles. The maximum Gasteiger partial charge on any atom is 0.326 e. The summed E-state index contributed by atoms with van der Waals surface area (Å²) in [7, 11) is 0. The minimum absolute atomic E-state index is 0.527. The van der Waals surface area contributed by atoms with Crippen molar-refractivity contribution in [2.75, 3.05) is 0 Å². The standard InChI is InChI=1S/C7H13NO3/c9-6(10)7(8-11)4-2-1-3-5-7/h8,11H,1-5H2,(H,9,10). The average Bonchev–Trinajstić information content (AvgIpc) is 2.05. The van der Waals surface area contributed by atoms with Crippen LogP contribution in [0, 0.1) is 0 Å². The molecule has 0 aliphatic heterocycles. The summed E-state index contributed by atoms with van der Waals surface area (Å²) in [4.78, 5) is 10.7. The number of carboxylic acids is 1. The Morgan fingerprint density at radius 3 is 2.09 bits per heavy atom. The van der Waals surface area contributed by atoms with E-state index in [1.54, 1.807) is 0 Å². The molecule has 0 spiro atoms. The number of hydroxylamine groups is 1. The van der Waals surface area contributed by atoms with Crippen LogP contribution in [0.2, 0.25) is 0 Å². The fourth-order valence-corrected chi connectivity index (χ4v) is 1.53. The summed E-state index contributed by atoms with van der Waals surface area (Å²) in [6, 6.07) is 0. The molecule has 1 aliphatic carbocycles. The van der Waals surface area contributed by atoms with Gasteiger partial charge in [0.25, 0.3) is 0 Å². The maximum atomic E-state index is 10.7. The van der Waals surface area contributed by atoms with E-state index in [1.165, 1.54) is 0 Å². The SMILES string of the molecule is O=C(O)C1(NO)CCCCC1. The van der Waals surface area contributed by atoms with Crippen LogP contribution in [0.1, 0.15) is 32.1 Å². The van der Waals surface area contributed by atoms with Crippen molar-refractivity contribution in [2.24, 2.45) is 0 Å². The highest BCUT2D eigenvalue weighted by Gasteiger charge is 2.38. The summed E-state index contributed by atoms with van der Waals surface area (Å²) in [5.41, 5.74) is 0.860. The van der Waals surface area contributed by atoms with E-state index < -0.39 is 11.5 Å². The molecule has 1 rings (SSSR count). The molecule has 3 N–H and O–H groups in total. The fourth-order valence-electron chi connectivity index (χ4n) is 1.53. The van der Waals surface area contributed by atoms with Crippen molar-refractivity contribution in [1.29, 1.82) is 0 Å². The fraction of sp³-hybridized carbons (Fsp3) is 0.857. The number of hydrogen-bond acceptors (Lipinski definition) is 3.